The zero-order valence-electron chi connectivity index (χ0n) is 11.3. The molecular weight excluding hydrogens is 253 g/mol. The van der Waals surface area contributed by atoms with Crippen molar-refractivity contribution in [1.82, 2.24) is 5.32 Å². The number of halogens is 3. The smallest absolute Gasteiger partial charge is 0.161 e. The van der Waals surface area contributed by atoms with Crippen LogP contribution < -0.4 is 11.1 Å². The molecule has 0 spiro atoms. The van der Waals surface area contributed by atoms with E-state index in [1.165, 1.54) is 0 Å². The lowest BCUT2D eigenvalue weighted by atomic mass is 10.0. The van der Waals surface area contributed by atoms with Crippen molar-refractivity contribution in [1.29, 1.82) is 0 Å². The molecule has 1 atom stereocenters. The van der Waals surface area contributed by atoms with Crippen molar-refractivity contribution in [2.75, 3.05) is 13.1 Å². The Hall–Kier alpha value is -1.07. The lowest BCUT2D eigenvalue weighted by Gasteiger charge is -2.21. The van der Waals surface area contributed by atoms with Crippen LogP contribution in [0.3, 0.4) is 0 Å². The molecule has 5 heteroatoms. The maximum atomic E-state index is 13.7. The predicted molar refractivity (Wildman–Crippen MR) is 70.2 cm³/mol. The fraction of sp³-hybridized carbons (Fsp3) is 0.571. The van der Waals surface area contributed by atoms with Gasteiger partial charge in [0.05, 0.1) is 0 Å². The molecular formula is C14H21F3N2. The summed E-state index contributed by atoms with van der Waals surface area (Å²) in [6, 6.07) is 0.935. The van der Waals surface area contributed by atoms with Gasteiger partial charge in [-0.1, -0.05) is 26.7 Å². The van der Waals surface area contributed by atoms with E-state index in [9.17, 15) is 13.2 Å². The van der Waals surface area contributed by atoms with Gasteiger partial charge in [0.2, 0.25) is 0 Å². The zero-order chi connectivity index (χ0) is 14.4. The Kier molecular flexibility index (Phi) is 6.31. The largest absolute Gasteiger partial charge is 0.329 e. The number of benzene rings is 1. The van der Waals surface area contributed by atoms with Gasteiger partial charge in [-0.25, -0.2) is 13.2 Å². The van der Waals surface area contributed by atoms with E-state index in [2.05, 4.69) is 19.2 Å². The topological polar surface area (TPSA) is 38.0 Å². The Morgan fingerprint density at radius 1 is 1.05 bits per heavy atom. The van der Waals surface area contributed by atoms with E-state index in [0.29, 0.717) is 18.5 Å². The van der Waals surface area contributed by atoms with E-state index < -0.39 is 23.5 Å². The van der Waals surface area contributed by atoms with Gasteiger partial charge in [0, 0.05) is 24.2 Å². The molecule has 0 heterocycles. The SMILES string of the molecule is CCC(CC)CNC(CN)c1cc(F)c(F)cc1F. The highest BCUT2D eigenvalue weighted by Crippen LogP contribution is 2.20. The third kappa shape index (κ3) is 4.21. The number of nitrogens with two attached hydrogens (primary N) is 1. The van der Waals surface area contributed by atoms with Crippen molar-refractivity contribution < 1.29 is 13.2 Å². The molecule has 1 aromatic rings. The molecule has 108 valence electrons. The van der Waals surface area contributed by atoms with Crippen molar-refractivity contribution in [2.45, 2.75) is 32.7 Å². The average Bonchev–Trinajstić information content (AvgIpc) is 2.40. The normalized spacial score (nSPS) is 13.0. The molecule has 0 saturated heterocycles. The van der Waals surface area contributed by atoms with Gasteiger partial charge in [-0.2, -0.15) is 0 Å². The zero-order valence-corrected chi connectivity index (χ0v) is 11.3. The third-order valence-corrected chi connectivity index (χ3v) is 3.46. The molecule has 1 aromatic carbocycles. The molecule has 0 amide bonds. The van der Waals surface area contributed by atoms with Gasteiger partial charge >= 0.3 is 0 Å². The van der Waals surface area contributed by atoms with Crippen LogP contribution in [0.5, 0.6) is 0 Å². The van der Waals surface area contributed by atoms with Gasteiger partial charge in [0.25, 0.3) is 0 Å². The Morgan fingerprint density at radius 2 is 1.63 bits per heavy atom. The van der Waals surface area contributed by atoms with E-state index in [4.69, 9.17) is 5.73 Å². The van der Waals surface area contributed by atoms with Crippen molar-refractivity contribution in [3.8, 4) is 0 Å². The first-order valence-corrected chi connectivity index (χ1v) is 6.61. The minimum absolute atomic E-state index is 0.0763. The summed E-state index contributed by atoms with van der Waals surface area (Å²) in [5.41, 5.74) is 5.66. The summed E-state index contributed by atoms with van der Waals surface area (Å²) in [4.78, 5) is 0. The summed E-state index contributed by atoms with van der Waals surface area (Å²) >= 11 is 0. The number of rotatable bonds is 7. The monoisotopic (exact) mass is 274 g/mol. The van der Waals surface area contributed by atoms with Crippen molar-refractivity contribution in [3.05, 3.63) is 35.1 Å². The van der Waals surface area contributed by atoms with Crippen LogP contribution in [-0.2, 0) is 0 Å². The highest BCUT2D eigenvalue weighted by Gasteiger charge is 2.18. The van der Waals surface area contributed by atoms with E-state index in [1.54, 1.807) is 0 Å². The molecule has 0 fully saturated rings. The summed E-state index contributed by atoms with van der Waals surface area (Å²) in [5, 5.41) is 3.12. The average molecular weight is 274 g/mol. The maximum Gasteiger partial charge on any atom is 0.161 e. The van der Waals surface area contributed by atoms with E-state index in [-0.39, 0.29) is 12.1 Å². The van der Waals surface area contributed by atoms with Crippen molar-refractivity contribution in [2.24, 2.45) is 11.7 Å². The molecule has 19 heavy (non-hydrogen) atoms. The Morgan fingerprint density at radius 3 is 2.16 bits per heavy atom. The van der Waals surface area contributed by atoms with Crippen LogP contribution in [0, 0.1) is 23.4 Å². The quantitative estimate of drug-likeness (QED) is 0.750. The second-order valence-corrected chi connectivity index (χ2v) is 4.67. The fourth-order valence-corrected chi connectivity index (χ4v) is 2.01. The van der Waals surface area contributed by atoms with Crippen LogP contribution >= 0.6 is 0 Å². The van der Waals surface area contributed by atoms with Gasteiger partial charge in [0.1, 0.15) is 5.82 Å². The minimum atomic E-state index is -1.18. The molecule has 0 aliphatic carbocycles. The summed E-state index contributed by atoms with van der Waals surface area (Å²) in [7, 11) is 0. The highest BCUT2D eigenvalue weighted by molar-refractivity contribution is 5.23. The van der Waals surface area contributed by atoms with Crippen LogP contribution in [0.4, 0.5) is 13.2 Å². The maximum absolute atomic E-state index is 13.7. The van der Waals surface area contributed by atoms with Gasteiger partial charge < -0.3 is 11.1 Å². The van der Waals surface area contributed by atoms with Crippen LogP contribution in [0.1, 0.15) is 38.3 Å². The second-order valence-electron chi connectivity index (χ2n) is 4.67. The van der Waals surface area contributed by atoms with Crippen LogP contribution in [0.15, 0.2) is 12.1 Å². The minimum Gasteiger partial charge on any atom is -0.329 e. The number of hydrogen-bond donors (Lipinski definition) is 2. The summed E-state index contributed by atoms with van der Waals surface area (Å²) < 4.78 is 39.7. The summed E-state index contributed by atoms with van der Waals surface area (Å²) in [6.45, 7) is 4.95. The molecule has 0 radical (unpaired) electrons. The standard InChI is InChI=1S/C14H21F3N2/c1-3-9(4-2)8-19-14(7-18)10-5-12(16)13(17)6-11(10)15/h5-6,9,14,19H,3-4,7-8,18H2,1-2H3. The molecule has 0 aliphatic heterocycles. The van der Waals surface area contributed by atoms with Gasteiger partial charge in [-0.05, 0) is 18.5 Å². The first-order chi connectivity index (χ1) is 9.03. The third-order valence-electron chi connectivity index (χ3n) is 3.46. The molecule has 0 bridgehead atoms. The first kappa shape index (κ1) is 16.0. The Labute approximate surface area is 112 Å². The second kappa shape index (κ2) is 7.50. The molecule has 0 aliphatic rings. The van der Waals surface area contributed by atoms with Crippen LogP contribution in [-0.4, -0.2) is 13.1 Å². The lowest BCUT2D eigenvalue weighted by Crippen LogP contribution is -2.32. The van der Waals surface area contributed by atoms with E-state index in [1.807, 2.05) is 0 Å². The van der Waals surface area contributed by atoms with Crippen LogP contribution in [0.2, 0.25) is 0 Å². The van der Waals surface area contributed by atoms with Gasteiger partial charge in [-0.3, -0.25) is 0 Å². The van der Waals surface area contributed by atoms with E-state index >= 15 is 0 Å². The van der Waals surface area contributed by atoms with Crippen LogP contribution in [0.25, 0.3) is 0 Å². The molecule has 1 rings (SSSR count). The Balaban J connectivity index is 2.82. The van der Waals surface area contributed by atoms with Gasteiger partial charge in [-0.15, -0.1) is 0 Å². The predicted octanol–water partition coefficient (Wildman–Crippen LogP) is 3.13. The number of nitrogens with one attached hydrogen (secondary N) is 1. The molecule has 0 aromatic heterocycles. The summed E-state index contributed by atoms with van der Waals surface area (Å²) in [6.07, 6.45) is 2.00. The van der Waals surface area contributed by atoms with Gasteiger partial charge in [0.15, 0.2) is 11.6 Å². The lowest BCUT2D eigenvalue weighted by molar-refractivity contribution is 0.403. The van der Waals surface area contributed by atoms with E-state index in [0.717, 1.165) is 18.9 Å². The summed E-state index contributed by atoms with van der Waals surface area (Å²) in [5.74, 6) is -2.55. The fourth-order valence-electron chi connectivity index (χ4n) is 2.01. The molecule has 2 nitrogen and oxygen atoms in total. The first-order valence-electron chi connectivity index (χ1n) is 6.61. The molecule has 1 unspecified atom stereocenters. The van der Waals surface area contributed by atoms with Crippen molar-refractivity contribution >= 4 is 0 Å². The molecule has 0 saturated carbocycles. The number of hydrogen-bond acceptors (Lipinski definition) is 2. The highest BCUT2D eigenvalue weighted by atomic mass is 19.2. The van der Waals surface area contributed by atoms with Crippen molar-refractivity contribution in [3.63, 3.8) is 0 Å². The molecule has 3 N–H and O–H groups in total. The Bertz CT molecular complexity index is 406.